The molecule has 1 N–H and O–H groups in total. The first-order valence-corrected chi connectivity index (χ1v) is 8.27. The minimum Gasteiger partial charge on any atom is -0.378 e. The summed E-state index contributed by atoms with van der Waals surface area (Å²) in [6, 6.07) is 9.17. The summed E-state index contributed by atoms with van der Waals surface area (Å²) in [6.07, 6.45) is 0. The first kappa shape index (κ1) is 19.9. The van der Waals surface area contributed by atoms with Crippen LogP contribution >= 0.6 is 0 Å². The largest absolute Gasteiger partial charge is 0.378 e. The standard InChI is InChI=1S/C18H34N4O/c1-19-11-12-23-15-18(21(4)5)14-22(6)13-16-7-9-17(10-8-16)20(2)3/h7-10,18-19H,11-15H2,1-6H3. The van der Waals surface area contributed by atoms with Crippen LogP contribution in [0.4, 0.5) is 5.69 Å². The molecule has 1 aromatic carbocycles. The molecule has 0 aromatic heterocycles. The number of nitrogens with one attached hydrogen (secondary N) is 1. The van der Waals surface area contributed by atoms with Gasteiger partial charge in [0.25, 0.3) is 0 Å². The summed E-state index contributed by atoms with van der Waals surface area (Å²) in [7, 11) is 12.5. The minimum absolute atomic E-state index is 0.401. The molecule has 0 aliphatic rings. The van der Waals surface area contributed by atoms with Gasteiger partial charge in [-0.2, -0.15) is 0 Å². The highest BCUT2D eigenvalue weighted by Gasteiger charge is 2.14. The molecule has 1 unspecified atom stereocenters. The van der Waals surface area contributed by atoms with Gasteiger partial charge in [-0.15, -0.1) is 0 Å². The molecule has 0 radical (unpaired) electrons. The van der Waals surface area contributed by atoms with Crippen molar-refractivity contribution in [1.29, 1.82) is 0 Å². The molecular formula is C18H34N4O. The van der Waals surface area contributed by atoms with Crippen LogP contribution in [0.25, 0.3) is 0 Å². The number of likely N-dealkylation sites (N-methyl/N-ethyl adjacent to an activating group) is 3. The third-order valence-electron chi connectivity index (χ3n) is 3.96. The average Bonchev–Trinajstić information content (AvgIpc) is 2.50. The molecule has 5 heteroatoms. The van der Waals surface area contributed by atoms with Crippen LogP contribution in [0.2, 0.25) is 0 Å². The lowest BCUT2D eigenvalue weighted by Gasteiger charge is -2.29. The molecule has 1 atom stereocenters. The van der Waals surface area contributed by atoms with Gasteiger partial charge in [0, 0.05) is 45.5 Å². The molecule has 132 valence electrons. The van der Waals surface area contributed by atoms with Crippen LogP contribution in [-0.4, -0.2) is 84.4 Å². The van der Waals surface area contributed by atoms with E-state index in [-0.39, 0.29) is 0 Å². The number of ether oxygens (including phenoxy) is 1. The van der Waals surface area contributed by atoms with Gasteiger partial charge in [0.15, 0.2) is 0 Å². The molecule has 1 rings (SSSR count). The molecule has 0 spiro atoms. The maximum absolute atomic E-state index is 5.75. The Morgan fingerprint density at radius 3 is 2.22 bits per heavy atom. The van der Waals surface area contributed by atoms with Crippen LogP contribution in [0, 0.1) is 0 Å². The highest BCUT2D eigenvalue weighted by atomic mass is 16.5. The van der Waals surface area contributed by atoms with Crippen molar-refractivity contribution in [1.82, 2.24) is 15.1 Å². The quantitative estimate of drug-likeness (QED) is 0.622. The van der Waals surface area contributed by atoms with Crippen LogP contribution in [-0.2, 0) is 11.3 Å². The zero-order valence-electron chi connectivity index (χ0n) is 15.7. The van der Waals surface area contributed by atoms with Crippen molar-refractivity contribution in [3.8, 4) is 0 Å². The van der Waals surface area contributed by atoms with Gasteiger partial charge in [-0.1, -0.05) is 12.1 Å². The summed E-state index contributed by atoms with van der Waals surface area (Å²) in [4.78, 5) is 6.72. The zero-order valence-corrected chi connectivity index (χ0v) is 15.7. The summed E-state index contributed by atoms with van der Waals surface area (Å²) in [5.74, 6) is 0. The van der Waals surface area contributed by atoms with Gasteiger partial charge in [0.2, 0.25) is 0 Å². The number of hydrogen-bond acceptors (Lipinski definition) is 5. The van der Waals surface area contributed by atoms with Crippen LogP contribution in [0.1, 0.15) is 5.56 Å². The van der Waals surface area contributed by atoms with Crippen molar-refractivity contribution in [3.63, 3.8) is 0 Å². The second-order valence-corrected chi connectivity index (χ2v) is 6.55. The van der Waals surface area contributed by atoms with Gasteiger partial charge in [-0.25, -0.2) is 0 Å². The fraction of sp³-hybridized carbons (Fsp3) is 0.667. The lowest BCUT2D eigenvalue weighted by molar-refractivity contribution is 0.0654. The van der Waals surface area contributed by atoms with E-state index in [1.54, 1.807) is 0 Å². The molecule has 0 heterocycles. The van der Waals surface area contributed by atoms with E-state index in [1.165, 1.54) is 11.3 Å². The van der Waals surface area contributed by atoms with E-state index in [9.17, 15) is 0 Å². The Morgan fingerprint density at radius 2 is 1.70 bits per heavy atom. The van der Waals surface area contributed by atoms with Crippen LogP contribution in [0.15, 0.2) is 24.3 Å². The van der Waals surface area contributed by atoms with Crippen LogP contribution < -0.4 is 10.2 Å². The second-order valence-electron chi connectivity index (χ2n) is 6.55. The molecule has 1 aromatic rings. The maximum Gasteiger partial charge on any atom is 0.0634 e. The summed E-state index contributed by atoms with van der Waals surface area (Å²) in [5.41, 5.74) is 2.58. The Hall–Kier alpha value is -1.14. The lowest BCUT2D eigenvalue weighted by atomic mass is 10.1. The van der Waals surface area contributed by atoms with E-state index in [0.717, 1.165) is 32.8 Å². The van der Waals surface area contributed by atoms with E-state index >= 15 is 0 Å². The van der Waals surface area contributed by atoms with E-state index in [0.29, 0.717) is 6.04 Å². The van der Waals surface area contributed by atoms with Gasteiger partial charge in [0.1, 0.15) is 0 Å². The molecule has 0 fully saturated rings. The number of rotatable bonds is 11. The Morgan fingerprint density at radius 1 is 1.04 bits per heavy atom. The highest BCUT2D eigenvalue weighted by molar-refractivity contribution is 5.45. The summed E-state index contributed by atoms with van der Waals surface area (Å²) >= 11 is 0. The predicted octanol–water partition coefficient (Wildman–Crippen LogP) is 1.35. The molecule has 0 amide bonds. The number of anilines is 1. The smallest absolute Gasteiger partial charge is 0.0634 e. The first-order chi connectivity index (χ1) is 10.9. The molecule has 0 aliphatic carbocycles. The lowest BCUT2D eigenvalue weighted by Crippen LogP contribution is -2.42. The SMILES string of the molecule is CNCCOCC(CN(C)Cc1ccc(N(C)C)cc1)N(C)C. The Bertz CT molecular complexity index is 420. The monoisotopic (exact) mass is 322 g/mol. The van der Waals surface area contributed by atoms with Crippen molar-refractivity contribution in [2.45, 2.75) is 12.6 Å². The topological polar surface area (TPSA) is 31.0 Å². The molecule has 0 saturated carbocycles. The van der Waals surface area contributed by atoms with Crippen molar-refractivity contribution >= 4 is 5.69 Å². The molecule has 0 aliphatic heterocycles. The van der Waals surface area contributed by atoms with Gasteiger partial charge in [-0.05, 0) is 45.9 Å². The second kappa shape index (κ2) is 10.6. The normalized spacial score (nSPS) is 12.9. The van der Waals surface area contributed by atoms with Crippen LogP contribution in [0.3, 0.4) is 0 Å². The zero-order chi connectivity index (χ0) is 17.2. The number of benzene rings is 1. The fourth-order valence-corrected chi connectivity index (χ4v) is 2.39. The number of nitrogens with zero attached hydrogens (tertiary/aromatic N) is 3. The van der Waals surface area contributed by atoms with E-state index in [4.69, 9.17) is 4.74 Å². The molecule has 0 saturated heterocycles. The van der Waals surface area contributed by atoms with Crippen LogP contribution in [0.5, 0.6) is 0 Å². The maximum atomic E-state index is 5.75. The summed E-state index contributed by atoms with van der Waals surface area (Å²) < 4.78 is 5.75. The molecule has 0 bridgehead atoms. The van der Waals surface area contributed by atoms with Crippen molar-refractivity contribution in [3.05, 3.63) is 29.8 Å². The third kappa shape index (κ3) is 7.79. The number of hydrogen-bond donors (Lipinski definition) is 1. The molecule has 23 heavy (non-hydrogen) atoms. The van der Waals surface area contributed by atoms with Gasteiger partial charge in [0.05, 0.1) is 13.2 Å². The minimum atomic E-state index is 0.401. The third-order valence-corrected chi connectivity index (χ3v) is 3.96. The molecular weight excluding hydrogens is 288 g/mol. The van der Waals surface area contributed by atoms with Crippen molar-refractivity contribution < 1.29 is 4.74 Å². The van der Waals surface area contributed by atoms with Gasteiger partial charge < -0.3 is 24.8 Å². The van der Waals surface area contributed by atoms with E-state index < -0.39 is 0 Å². The van der Waals surface area contributed by atoms with Gasteiger partial charge >= 0.3 is 0 Å². The highest BCUT2D eigenvalue weighted by Crippen LogP contribution is 2.13. The fourth-order valence-electron chi connectivity index (χ4n) is 2.39. The Balaban J connectivity index is 2.46. The van der Waals surface area contributed by atoms with Gasteiger partial charge in [-0.3, -0.25) is 0 Å². The first-order valence-electron chi connectivity index (χ1n) is 8.27. The predicted molar refractivity (Wildman–Crippen MR) is 99.3 cm³/mol. The van der Waals surface area contributed by atoms with E-state index in [1.807, 2.05) is 7.05 Å². The summed E-state index contributed by atoms with van der Waals surface area (Å²) in [6.45, 7) is 4.36. The van der Waals surface area contributed by atoms with E-state index in [2.05, 4.69) is 79.5 Å². The Kier molecular flexibility index (Phi) is 9.17. The Labute approximate surface area is 142 Å². The van der Waals surface area contributed by atoms with Crippen molar-refractivity contribution in [2.24, 2.45) is 0 Å². The summed E-state index contributed by atoms with van der Waals surface area (Å²) in [5, 5.41) is 3.10. The molecule has 5 nitrogen and oxygen atoms in total. The van der Waals surface area contributed by atoms with Crippen molar-refractivity contribution in [2.75, 3.05) is 73.5 Å². The average molecular weight is 322 g/mol.